The van der Waals surface area contributed by atoms with Crippen molar-refractivity contribution in [2.45, 2.75) is 5.16 Å². The van der Waals surface area contributed by atoms with Gasteiger partial charge >= 0.3 is 0 Å². The van der Waals surface area contributed by atoms with Gasteiger partial charge in [0.05, 0.1) is 5.69 Å². The lowest BCUT2D eigenvalue weighted by molar-refractivity contribution is 0.626. The van der Waals surface area contributed by atoms with Gasteiger partial charge in [0.2, 0.25) is 0 Å². The Morgan fingerprint density at radius 3 is 2.85 bits per heavy atom. The lowest BCUT2D eigenvalue weighted by atomic mass is 10.3. The fourth-order valence-electron chi connectivity index (χ4n) is 1.04. The molecule has 0 bridgehead atoms. The summed E-state index contributed by atoms with van der Waals surface area (Å²) in [6.07, 6.45) is 1.48. The molecular formula is C8H6FN3S. The van der Waals surface area contributed by atoms with E-state index in [9.17, 15) is 4.39 Å². The van der Waals surface area contributed by atoms with E-state index in [4.69, 9.17) is 0 Å². The van der Waals surface area contributed by atoms with E-state index in [1.807, 2.05) is 0 Å². The van der Waals surface area contributed by atoms with Crippen LogP contribution in [-0.2, 0) is 0 Å². The molecular weight excluding hydrogens is 189 g/mol. The zero-order chi connectivity index (χ0) is 9.26. The largest absolute Gasteiger partial charge is 0.277 e. The third-order valence-electron chi connectivity index (χ3n) is 1.62. The van der Waals surface area contributed by atoms with Gasteiger partial charge in [-0.15, -0.1) is 22.8 Å². The lowest BCUT2D eigenvalue weighted by Crippen LogP contribution is -1.93. The molecule has 0 atom stereocenters. The fourth-order valence-corrected chi connectivity index (χ4v) is 1.26. The van der Waals surface area contributed by atoms with Crippen molar-refractivity contribution in [1.29, 1.82) is 0 Å². The van der Waals surface area contributed by atoms with Crippen LogP contribution >= 0.6 is 12.6 Å². The second-order valence-electron chi connectivity index (χ2n) is 2.48. The fraction of sp³-hybridized carbons (Fsp3) is 0. The van der Waals surface area contributed by atoms with E-state index in [2.05, 4.69) is 22.8 Å². The minimum absolute atomic E-state index is 0.293. The maximum atomic E-state index is 12.8. The topological polar surface area (TPSA) is 30.7 Å². The zero-order valence-electron chi connectivity index (χ0n) is 6.55. The summed E-state index contributed by atoms with van der Waals surface area (Å²) < 4.78 is 14.4. The second kappa shape index (κ2) is 3.18. The molecule has 0 spiro atoms. The molecule has 2 aromatic rings. The van der Waals surface area contributed by atoms with Gasteiger partial charge in [0.25, 0.3) is 0 Å². The highest BCUT2D eigenvalue weighted by atomic mass is 32.1. The van der Waals surface area contributed by atoms with Crippen molar-refractivity contribution in [1.82, 2.24) is 14.8 Å². The number of hydrogen-bond donors (Lipinski definition) is 1. The molecule has 66 valence electrons. The molecule has 13 heavy (non-hydrogen) atoms. The van der Waals surface area contributed by atoms with E-state index in [1.54, 1.807) is 16.7 Å². The highest BCUT2D eigenvalue weighted by molar-refractivity contribution is 7.80. The number of hydrogen-bond acceptors (Lipinski definition) is 3. The lowest BCUT2D eigenvalue weighted by Gasteiger charge is -2.01. The molecule has 0 amide bonds. The van der Waals surface area contributed by atoms with Crippen LogP contribution in [0.4, 0.5) is 4.39 Å². The zero-order valence-corrected chi connectivity index (χ0v) is 7.45. The molecule has 0 aliphatic heterocycles. The maximum Gasteiger partial charge on any atom is 0.192 e. The van der Waals surface area contributed by atoms with Gasteiger partial charge < -0.3 is 0 Å². The number of thiol groups is 1. The van der Waals surface area contributed by atoms with Crippen LogP contribution in [0.1, 0.15) is 0 Å². The van der Waals surface area contributed by atoms with E-state index in [0.29, 0.717) is 10.8 Å². The minimum atomic E-state index is -0.293. The third-order valence-corrected chi connectivity index (χ3v) is 1.92. The van der Waals surface area contributed by atoms with Gasteiger partial charge in [-0.3, -0.25) is 4.57 Å². The molecule has 0 N–H and O–H groups in total. The Labute approximate surface area is 79.6 Å². The number of benzene rings is 1. The molecule has 1 aromatic heterocycles. The van der Waals surface area contributed by atoms with Crippen LogP contribution in [0.25, 0.3) is 5.69 Å². The Kier molecular flexibility index (Phi) is 2.02. The van der Waals surface area contributed by atoms with Gasteiger partial charge in [-0.25, -0.2) is 4.39 Å². The Balaban J connectivity index is 2.53. The standard InChI is InChI=1S/C8H6FN3S/c9-6-2-1-3-7(4-6)12-5-10-11-8(12)13/h1-5H,(H,11,13). The summed E-state index contributed by atoms with van der Waals surface area (Å²) >= 11 is 4.06. The average molecular weight is 195 g/mol. The van der Waals surface area contributed by atoms with E-state index in [0.717, 1.165) is 0 Å². The van der Waals surface area contributed by atoms with E-state index in [-0.39, 0.29) is 5.82 Å². The van der Waals surface area contributed by atoms with Crippen molar-refractivity contribution in [2.75, 3.05) is 0 Å². The van der Waals surface area contributed by atoms with E-state index >= 15 is 0 Å². The first-order valence-electron chi connectivity index (χ1n) is 3.62. The van der Waals surface area contributed by atoms with Crippen molar-refractivity contribution >= 4 is 12.6 Å². The Morgan fingerprint density at radius 1 is 1.38 bits per heavy atom. The quantitative estimate of drug-likeness (QED) is 0.702. The Hall–Kier alpha value is -1.36. The molecule has 0 fully saturated rings. The number of aromatic nitrogens is 3. The summed E-state index contributed by atoms with van der Waals surface area (Å²) in [5.74, 6) is -0.293. The summed E-state index contributed by atoms with van der Waals surface area (Å²) in [4.78, 5) is 0. The molecule has 0 aliphatic carbocycles. The summed E-state index contributed by atoms with van der Waals surface area (Å²) in [6.45, 7) is 0. The first-order chi connectivity index (χ1) is 6.27. The monoisotopic (exact) mass is 195 g/mol. The summed E-state index contributed by atoms with van der Waals surface area (Å²) in [5, 5.41) is 7.76. The van der Waals surface area contributed by atoms with Crippen LogP contribution < -0.4 is 0 Å². The van der Waals surface area contributed by atoms with Crippen molar-refractivity contribution in [3.05, 3.63) is 36.4 Å². The van der Waals surface area contributed by atoms with Crippen molar-refractivity contribution < 1.29 is 4.39 Å². The van der Waals surface area contributed by atoms with Crippen molar-refractivity contribution in [3.8, 4) is 5.69 Å². The van der Waals surface area contributed by atoms with E-state index in [1.165, 1.54) is 18.5 Å². The normalized spacial score (nSPS) is 10.3. The van der Waals surface area contributed by atoms with Gasteiger partial charge in [-0.05, 0) is 18.2 Å². The van der Waals surface area contributed by atoms with E-state index < -0.39 is 0 Å². The van der Waals surface area contributed by atoms with Crippen LogP contribution in [-0.4, -0.2) is 14.8 Å². The van der Waals surface area contributed by atoms with Crippen LogP contribution in [0.15, 0.2) is 35.7 Å². The third kappa shape index (κ3) is 1.55. The maximum absolute atomic E-state index is 12.8. The Bertz CT molecular complexity index is 427. The van der Waals surface area contributed by atoms with Crippen molar-refractivity contribution in [3.63, 3.8) is 0 Å². The molecule has 2 rings (SSSR count). The van der Waals surface area contributed by atoms with Crippen LogP contribution in [0.2, 0.25) is 0 Å². The van der Waals surface area contributed by atoms with Gasteiger partial charge in [-0.1, -0.05) is 6.07 Å². The van der Waals surface area contributed by atoms with Crippen LogP contribution in [0, 0.1) is 5.82 Å². The predicted octanol–water partition coefficient (Wildman–Crippen LogP) is 1.70. The molecule has 1 aromatic carbocycles. The molecule has 3 nitrogen and oxygen atoms in total. The summed E-state index contributed by atoms with van der Waals surface area (Å²) in [7, 11) is 0. The van der Waals surface area contributed by atoms with Gasteiger partial charge in [0.1, 0.15) is 12.1 Å². The SMILES string of the molecule is Fc1cccc(-n2cnnc2S)c1. The first kappa shape index (κ1) is 8.25. The molecule has 0 saturated heterocycles. The van der Waals surface area contributed by atoms with Gasteiger partial charge in [0.15, 0.2) is 5.16 Å². The molecule has 5 heteroatoms. The number of rotatable bonds is 1. The smallest absolute Gasteiger partial charge is 0.192 e. The summed E-state index contributed by atoms with van der Waals surface area (Å²) in [5.41, 5.74) is 0.662. The molecule has 0 radical (unpaired) electrons. The van der Waals surface area contributed by atoms with Gasteiger partial charge in [0, 0.05) is 0 Å². The highest BCUT2D eigenvalue weighted by Gasteiger charge is 2.01. The predicted molar refractivity (Wildman–Crippen MR) is 48.6 cm³/mol. The highest BCUT2D eigenvalue weighted by Crippen LogP contribution is 2.12. The second-order valence-corrected chi connectivity index (χ2v) is 2.88. The molecule has 1 heterocycles. The van der Waals surface area contributed by atoms with Crippen molar-refractivity contribution in [2.24, 2.45) is 0 Å². The van der Waals surface area contributed by atoms with Gasteiger partial charge in [-0.2, -0.15) is 0 Å². The minimum Gasteiger partial charge on any atom is -0.277 e. The number of halogens is 1. The molecule has 0 aliphatic rings. The molecule has 0 saturated carbocycles. The van der Waals surface area contributed by atoms with Crippen LogP contribution in [0.3, 0.4) is 0 Å². The first-order valence-corrected chi connectivity index (χ1v) is 4.07. The Morgan fingerprint density at radius 2 is 2.23 bits per heavy atom. The van der Waals surface area contributed by atoms with Crippen LogP contribution in [0.5, 0.6) is 0 Å². The molecule has 0 unspecified atom stereocenters. The number of nitrogens with zero attached hydrogens (tertiary/aromatic N) is 3. The summed E-state index contributed by atoms with van der Waals surface area (Å²) in [6, 6.07) is 6.15. The average Bonchev–Trinajstić information content (AvgIpc) is 2.51.